The number of benzene rings is 1. The summed E-state index contributed by atoms with van der Waals surface area (Å²) in [6.45, 7) is 6.54. The van der Waals surface area contributed by atoms with Gasteiger partial charge in [-0.2, -0.15) is 0 Å². The van der Waals surface area contributed by atoms with E-state index in [4.69, 9.17) is 4.74 Å². The van der Waals surface area contributed by atoms with Gasteiger partial charge in [-0.15, -0.1) is 11.3 Å². The third kappa shape index (κ3) is 2.89. The summed E-state index contributed by atoms with van der Waals surface area (Å²) >= 11 is 1.58. The van der Waals surface area contributed by atoms with Crippen LogP contribution in [-0.4, -0.2) is 19.6 Å². The molecule has 0 unspecified atom stereocenters. The number of hydrogen-bond donors (Lipinski definition) is 1. The monoisotopic (exact) mass is 277 g/mol. The summed E-state index contributed by atoms with van der Waals surface area (Å²) in [5.74, 6) is 0.100. The van der Waals surface area contributed by atoms with Crippen LogP contribution < -0.4 is 5.32 Å². The van der Waals surface area contributed by atoms with E-state index < -0.39 is 0 Å². The standard InChI is InChI=1S/C15H19NO2S/c1-9(2)8-18-15(17)13-11-7-10(3)5-6-12(11)19-14(13)16-4/h5-7,9,16H,8H2,1-4H3. The summed E-state index contributed by atoms with van der Waals surface area (Å²) in [5, 5.41) is 4.94. The number of anilines is 1. The molecule has 0 radical (unpaired) electrons. The molecule has 1 N–H and O–H groups in total. The van der Waals surface area contributed by atoms with E-state index in [2.05, 4.69) is 17.4 Å². The molecule has 2 rings (SSSR count). The highest BCUT2D eigenvalue weighted by atomic mass is 32.1. The second kappa shape index (κ2) is 5.61. The molecule has 0 bridgehead atoms. The molecule has 0 aliphatic rings. The number of aryl methyl sites for hydroxylation is 1. The maximum atomic E-state index is 12.3. The lowest BCUT2D eigenvalue weighted by Gasteiger charge is -2.08. The van der Waals surface area contributed by atoms with E-state index in [9.17, 15) is 4.79 Å². The van der Waals surface area contributed by atoms with E-state index >= 15 is 0 Å². The van der Waals surface area contributed by atoms with Crippen LogP contribution in [0.15, 0.2) is 18.2 Å². The van der Waals surface area contributed by atoms with Gasteiger partial charge in [-0.25, -0.2) is 4.79 Å². The Morgan fingerprint density at radius 1 is 1.42 bits per heavy atom. The van der Waals surface area contributed by atoms with Crippen molar-refractivity contribution in [2.24, 2.45) is 5.92 Å². The van der Waals surface area contributed by atoms with Crippen molar-refractivity contribution in [3.8, 4) is 0 Å². The fourth-order valence-electron chi connectivity index (χ4n) is 1.90. The molecule has 1 aromatic heterocycles. The maximum absolute atomic E-state index is 12.3. The first-order chi connectivity index (χ1) is 9.02. The van der Waals surface area contributed by atoms with Gasteiger partial charge in [-0.1, -0.05) is 25.5 Å². The quantitative estimate of drug-likeness (QED) is 0.856. The number of rotatable bonds is 4. The van der Waals surface area contributed by atoms with Crippen LogP contribution in [0.2, 0.25) is 0 Å². The molecular formula is C15H19NO2S. The molecule has 4 heteroatoms. The normalized spacial score (nSPS) is 11.0. The fourth-order valence-corrected chi connectivity index (χ4v) is 2.93. The molecule has 102 valence electrons. The highest BCUT2D eigenvalue weighted by Crippen LogP contribution is 2.36. The number of carbonyl (C=O) groups is 1. The summed E-state index contributed by atoms with van der Waals surface area (Å²) in [4.78, 5) is 12.3. The van der Waals surface area contributed by atoms with Crippen molar-refractivity contribution in [3.05, 3.63) is 29.3 Å². The summed E-state index contributed by atoms with van der Waals surface area (Å²) in [6.07, 6.45) is 0. The third-order valence-corrected chi connectivity index (χ3v) is 4.01. The van der Waals surface area contributed by atoms with E-state index in [0.717, 1.165) is 20.7 Å². The number of fused-ring (bicyclic) bond motifs is 1. The van der Waals surface area contributed by atoms with Gasteiger partial charge in [0, 0.05) is 17.1 Å². The molecule has 3 nitrogen and oxygen atoms in total. The molecule has 0 atom stereocenters. The maximum Gasteiger partial charge on any atom is 0.341 e. The van der Waals surface area contributed by atoms with Crippen LogP contribution in [0.3, 0.4) is 0 Å². The molecule has 0 saturated heterocycles. The summed E-state index contributed by atoms with van der Waals surface area (Å²) in [7, 11) is 1.83. The molecule has 0 spiro atoms. The zero-order chi connectivity index (χ0) is 14.0. The Morgan fingerprint density at radius 3 is 2.79 bits per heavy atom. The summed E-state index contributed by atoms with van der Waals surface area (Å²) in [6, 6.07) is 6.15. The number of hydrogen-bond acceptors (Lipinski definition) is 4. The Hall–Kier alpha value is -1.55. The SMILES string of the molecule is CNc1sc2ccc(C)cc2c1C(=O)OCC(C)C. The molecular weight excluding hydrogens is 258 g/mol. The summed E-state index contributed by atoms with van der Waals surface area (Å²) in [5.41, 5.74) is 1.80. The van der Waals surface area contributed by atoms with Gasteiger partial charge in [-0.3, -0.25) is 0 Å². The Kier molecular flexibility index (Phi) is 4.10. The first kappa shape index (κ1) is 13.9. The summed E-state index contributed by atoms with van der Waals surface area (Å²) < 4.78 is 6.47. The number of ether oxygens (including phenoxy) is 1. The van der Waals surface area contributed by atoms with Crippen molar-refractivity contribution >= 4 is 32.4 Å². The van der Waals surface area contributed by atoms with Gasteiger partial charge in [0.15, 0.2) is 0 Å². The van der Waals surface area contributed by atoms with E-state index in [1.54, 1.807) is 11.3 Å². The van der Waals surface area contributed by atoms with Crippen molar-refractivity contribution < 1.29 is 9.53 Å². The van der Waals surface area contributed by atoms with Gasteiger partial charge in [-0.05, 0) is 25.0 Å². The lowest BCUT2D eigenvalue weighted by atomic mass is 10.1. The van der Waals surface area contributed by atoms with Crippen LogP contribution in [0.5, 0.6) is 0 Å². The van der Waals surface area contributed by atoms with Crippen LogP contribution in [0, 0.1) is 12.8 Å². The molecule has 19 heavy (non-hydrogen) atoms. The number of nitrogens with one attached hydrogen (secondary N) is 1. The van der Waals surface area contributed by atoms with Crippen LogP contribution in [0.1, 0.15) is 29.8 Å². The van der Waals surface area contributed by atoms with Crippen molar-refractivity contribution in [2.75, 3.05) is 19.0 Å². The van der Waals surface area contributed by atoms with E-state index in [1.165, 1.54) is 0 Å². The second-order valence-corrected chi connectivity index (χ2v) is 6.10. The van der Waals surface area contributed by atoms with Gasteiger partial charge in [0.05, 0.1) is 6.61 Å². The number of thiophene rings is 1. The van der Waals surface area contributed by atoms with Gasteiger partial charge >= 0.3 is 5.97 Å². The zero-order valence-corrected chi connectivity index (χ0v) is 12.6. The number of carbonyl (C=O) groups excluding carboxylic acids is 1. The predicted molar refractivity (Wildman–Crippen MR) is 81.2 cm³/mol. The average molecular weight is 277 g/mol. The highest BCUT2D eigenvalue weighted by molar-refractivity contribution is 7.23. The fraction of sp³-hybridized carbons (Fsp3) is 0.400. The van der Waals surface area contributed by atoms with Gasteiger partial charge in [0.2, 0.25) is 0 Å². The van der Waals surface area contributed by atoms with Crippen LogP contribution >= 0.6 is 11.3 Å². The molecule has 0 amide bonds. The smallest absolute Gasteiger partial charge is 0.341 e. The van der Waals surface area contributed by atoms with E-state index in [-0.39, 0.29) is 5.97 Å². The van der Waals surface area contributed by atoms with Gasteiger partial charge in [0.1, 0.15) is 10.6 Å². The van der Waals surface area contributed by atoms with Crippen molar-refractivity contribution in [1.29, 1.82) is 0 Å². The Balaban J connectivity index is 2.44. The van der Waals surface area contributed by atoms with Crippen molar-refractivity contribution in [3.63, 3.8) is 0 Å². The van der Waals surface area contributed by atoms with Crippen molar-refractivity contribution in [1.82, 2.24) is 0 Å². The predicted octanol–water partition coefficient (Wildman–Crippen LogP) is 4.06. The lowest BCUT2D eigenvalue weighted by molar-refractivity contribution is 0.0463. The lowest BCUT2D eigenvalue weighted by Crippen LogP contribution is -2.11. The molecule has 0 fully saturated rings. The molecule has 2 aromatic rings. The first-order valence-electron chi connectivity index (χ1n) is 6.41. The minimum Gasteiger partial charge on any atom is -0.462 e. The van der Waals surface area contributed by atoms with Crippen LogP contribution in [0.4, 0.5) is 5.00 Å². The zero-order valence-electron chi connectivity index (χ0n) is 11.7. The molecule has 0 aliphatic heterocycles. The largest absolute Gasteiger partial charge is 0.462 e. The van der Waals surface area contributed by atoms with E-state index in [0.29, 0.717) is 18.1 Å². The molecule has 0 saturated carbocycles. The third-order valence-electron chi connectivity index (χ3n) is 2.82. The number of esters is 1. The minimum absolute atomic E-state index is 0.241. The van der Waals surface area contributed by atoms with E-state index in [1.807, 2.05) is 33.9 Å². The van der Waals surface area contributed by atoms with Crippen LogP contribution in [0.25, 0.3) is 10.1 Å². The Bertz CT molecular complexity index is 601. The van der Waals surface area contributed by atoms with Crippen LogP contribution in [-0.2, 0) is 4.74 Å². The molecule has 0 aliphatic carbocycles. The highest BCUT2D eigenvalue weighted by Gasteiger charge is 2.20. The molecule has 1 aromatic carbocycles. The Morgan fingerprint density at radius 2 is 2.16 bits per heavy atom. The van der Waals surface area contributed by atoms with Crippen molar-refractivity contribution in [2.45, 2.75) is 20.8 Å². The average Bonchev–Trinajstić information content (AvgIpc) is 2.73. The Labute approximate surface area is 117 Å². The minimum atomic E-state index is -0.241. The second-order valence-electron chi connectivity index (χ2n) is 5.05. The first-order valence-corrected chi connectivity index (χ1v) is 7.22. The topological polar surface area (TPSA) is 38.3 Å². The van der Waals surface area contributed by atoms with Gasteiger partial charge in [0.25, 0.3) is 0 Å². The van der Waals surface area contributed by atoms with Gasteiger partial charge < -0.3 is 10.1 Å². The molecule has 1 heterocycles.